The van der Waals surface area contributed by atoms with Crippen LogP contribution in [0.25, 0.3) is 0 Å². The first-order valence-corrected chi connectivity index (χ1v) is 5.79. The second kappa shape index (κ2) is 7.04. The van der Waals surface area contributed by atoms with Crippen molar-refractivity contribution in [1.29, 1.82) is 0 Å². The predicted octanol–water partition coefficient (Wildman–Crippen LogP) is 0.839. The van der Waals surface area contributed by atoms with Crippen molar-refractivity contribution in [2.24, 2.45) is 5.73 Å². The van der Waals surface area contributed by atoms with E-state index in [9.17, 15) is 4.79 Å². The molecule has 1 atom stereocenters. The average molecular weight is 236 g/mol. The molecule has 0 heterocycles. The number of nitrogens with one attached hydrogen (secondary N) is 1. The summed E-state index contributed by atoms with van der Waals surface area (Å²) in [6, 6.07) is 8.17. The van der Waals surface area contributed by atoms with Crippen molar-refractivity contribution in [1.82, 2.24) is 5.32 Å². The monoisotopic (exact) mass is 236 g/mol. The van der Waals surface area contributed by atoms with Crippen LogP contribution in [0.4, 0.5) is 0 Å². The highest BCUT2D eigenvalue weighted by atomic mass is 16.5. The van der Waals surface area contributed by atoms with Gasteiger partial charge in [-0.3, -0.25) is 4.79 Å². The Morgan fingerprint density at radius 3 is 2.41 bits per heavy atom. The SMILES string of the molecule is CCc1ccc(CNC(=O)C(CN)OC)cc1. The molecule has 0 saturated carbocycles. The van der Waals surface area contributed by atoms with Crippen molar-refractivity contribution in [3.63, 3.8) is 0 Å². The minimum Gasteiger partial charge on any atom is -0.370 e. The van der Waals surface area contributed by atoms with Gasteiger partial charge in [-0.2, -0.15) is 0 Å². The third-order valence-corrected chi connectivity index (χ3v) is 2.69. The van der Waals surface area contributed by atoms with E-state index in [1.54, 1.807) is 0 Å². The number of hydrogen-bond donors (Lipinski definition) is 2. The average Bonchev–Trinajstić information content (AvgIpc) is 2.38. The predicted molar refractivity (Wildman–Crippen MR) is 67.5 cm³/mol. The summed E-state index contributed by atoms with van der Waals surface area (Å²) >= 11 is 0. The molecule has 1 unspecified atom stereocenters. The first kappa shape index (κ1) is 13.7. The Labute approximate surface area is 102 Å². The van der Waals surface area contributed by atoms with Crippen molar-refractivity contribution in [2.75, 3.05) is 13.7 Å². The van der Waals surface area contributed by atoms with E-state index in [1.165, 1.54) is 12.7 Å². The molecule has 1 rings (SSSR count). The molecular weight excluding hydrogens is 216 g/mol. The Morgan fingerprint density at radius 1 is 1.35 bits per heavy atom. The number of carbonyl (C=O) groups is 1. The first-order chi connectivity index (χ1) is 8.21. The van der Waals surface area contributed by atoms with Crippen LogP contribution in [-0.4, -0.2) is 25.7 Å². The maximum atomic E-state index is 11.6. The fourth-order valence-electron chi connectivity index (χ4n) is 1.51. The van der Waals surface area contributed by atoms with Gasteiger partial charge in [-0.05, 0) is 17.5 Å². The van der Waals surface area contributed by atoms with Gasteiger partial charge in [0.05, 0.1) is 0 Å². The number of ether oxygens (including phenoxy) is 1. The lowest BCUT2D eigenvalue weighted by Gasteiger charge is -2.13. The van der Waals surface area contributed by atoms with Crippen molar-refractivity contribution < 1.29 is 9.53 Å². The van der Waals surface area contributed by atoms with Crippen LogP contribution in [0.3, 0.4) is 0 Å². The lowest BCUT2D eigenvalue weighted by molar-refractivity contribution is -0.130. The molecule has 1 aromatic rings. The summed E-state index contributed by atoms with van der Waals surface area (Å²) in [5.41, 5.74) is 7.77. The molecule has 17 heavy (non-hydrogen) atoms. The molecule has 1 aromatic carbocycles. The number of benzene rings is 1. The molecule has 0 aliphatic rings. The van der Waals surface area contributed by atoms with Crippen LogP contribution in [0, 0.1) is 0 Å². The summed E-state index contributed by atoms with van der Waals surface area (Å²) in [5, 5.41) is 2.79. The van der Waals surface area contributed by atoms with Crippen LogP contribution >= 0.6 is 0 Å². The third kappa shape index (κ3) is 4.17. The molecule has 4 nitrogen and oxygen atoms in total. The van der Waals surface area contributed by atoms with Crippen molar-refractivity contribution in [3.8, 4) is 0 Å². The van der Waals surface area contributed by atoms with E-state index in [2.05, 4.69) is 24.4 Å². The van der Waals surface area contributed by atoms with Gasteiger partial charge in [0.1, 0.15) is 6.10 Å². The van der Waals surface area contributed by atoms with E-state index >= 15 is 0 Å². The number of aryl methyl sites for hydroxylation is 1. The maximum Gasteiger partial charge on any atom is 0.250 e. The first-order valence-electron chi connectivity index (χ1n) is 5.79. The Morgan fingerprint density at radius 2 is 1.94 bits per heavy atom. The van der Waals surface area contributed by atoms with Crippen molar-refractivity contribution in [2.45, 2.75) is 26.0 Å². The van der Waals surface area contributed by atoms with Crippen molar-refractivity contribution in [3.05, 3.63) is 35.4 Å². The summed E-state index contributed by atoms with van der Waals surface area (Å²) in [4.78, 5) is 11.6. The number of methoxy groups -OCH3 is 1. The maximum absolute atomic E-state index is 11.6. The van der Waals surface area contributed by atoms with E-state index < -0.39 is 6.10 Å². The van der Waals surface area contributed by atoms with Crippen LogP contribution < -0.4 is 11.1 Å². The number of amides is 1. The molecule has 1 amide bonds. The van der Waals surface area contributed by atoms with Crippen LogP contribution in [0.1, 0.15) is 18.1 Å². The highest BCUT2D eigenvalue weighted by Crippen LogP contribution is 2.04. The van der Waals surface area contributed by atoms with E-state index in [0.29, 0.717) is 6.54 Å². The summed E-state index contributed by atoms with van der Waals surface area (Å²) in [6.07, 6.45) is 0.455. The summed E-state index contributed by atoms with van der Waals surface area (Å²) < 4.78 is 4.95. The normalized spacial score (nSPS) is 12.2. The van der Waals surface area contributed by atoms with Gasteiger partial charge in [-0.15, -0.1) is 0 Å². The van der Waals surface area contributed by atoms with E-state index in [-0.39, 0.29) is 12.5 Å². The van der Waals surface area contributed by atoms with Crippen LogP contribution in [-0.2, 0) is 22.5 Å². The molecule has 0 fully saturated rings. The topological polar surface area (TPSA) is 64.4 Å². The van der Waals surface area contributed by atoms with E-state index in [4.69, 9.17) is 10.5 Å². The highest BCUT2D eigenvalue weighted by Gasteiger charge is 2.14. The second-order valence-electron chi connectivity index (χ2n) is 3.85. The Hall–Kier alpha value is -1.39. The van der Waals surface area contributed by atoms with Gasteiger partial charge in [0, 0.05) is 20.2 Å². The molecule has 0 spiro atoms. The lowest BCUT2D eigenvalue weighted by Crippen LogP contribution is -2.40. The molecule has 0 aromatic heterocycles. The molecule has 0 bridgehead atoms. The molecule has 94 valence electrons. The highest BCUT2D eigenvalue weighted by molar-refractivity contribution is 5.80. The van der Waals surface area contributed by atoms with Gasteiger partial charge in [-0.1, -0.05) is 31.2 Å². The summed E-state index contributed by atoms with van der Waals surface area (Å²) in [6.45, 7) is 2.81. The molecule has 3 N–H and O–H groups in total. The van der Waals surface area contributed by atoms with E-state index in [1.807, 2.05) is 12.1 Å². The number of rotatable bonds is 6. The fraction of sp³-hybridized carbons (Fsp3) is 0.462. The van der Waals surface area contributed by atoms with Crippen LogP contribution in [0.2, 0.25) is 0 Å². The third-order valence-electron chi connectivity index (χ3n) is 2.69. The standard InChI is InChI=1S/C13H20N2O2/c1-3-10-4-6-11(7-5-10)9-15-13(16)12(8-14)17-2/h4-7,12H,3,8-9,14H2,1-2H3,(H,15,16). The number of carbonyl (C=O) groups excluding carboxylic acids is 1. The zero-order chi connectivity index (χ0) is 12.7. The van der Waals surface area contributed by atoms with Crippen LogP contribution in [0.5, 0.6) is 0 Å². The molecule has 0 aliphatic carbocycles. The Balaban J connectivity index is 2.46. The van der Waals surface area contributed by atoms with Gasteiger partial charge < -0.3 is 15.8 Å². The van der Waals surface area contributed by atoms with Gasteiger partial charge >= 0.3 is 0 Å². The smallest absolute Gasteiger partial charge is 0.250 e. The van der Waals surface area contributed by atoms with Gasteiger partial charge in [-0.25, -0.2) is 0 Å². The van der Waals surface area contributed by atoms with Gasteiger partial charge in [0.25, 0.3) is 5.91 Å². The van der Waals surface area contributed by atoms with Crippen molar-refractivity contribution >= 4 is 5.91 Å². The fourth-order valence-corrected chi connectivity index (χ4v) is 1.51. The number of nitrogens with two attached hydrogens (primary N) is 1. The minimum atomic E-state index is -0.565. The zero-order valence-electron chi connectivity index (χ0n) is 10.4. The Bertz CT molecular complexity index is 345. The minimum absolute atomic E-state index is 0.172. The molecule has 0 radical (unpaired) electrons. The number of hydrogen-bond acceptors (Lipinski definition) is 3. The molecule has 0 aliphatic heterocycles. The zero-order valence-corrected chi connectivity index (χ0v) is 10.4. The van der Waals surface area contributed by atoms with E-state index in [0.717, 1.165) is 12.0 Å². The molecular formula is C13H20N2O2. The second-order valence-corrected chi connectivity index (χ2v) is 3.85. The molecule has 4 heteroatoms. The van der Waals surface area contributed by atoms with Gasteiger partial charge in [0.2, 0.25) is 0 Å². The Kier molecular flexibility index (Phi) is 5.66. The summed E-state index contributed by atoms with van der Waals surface area (Å²) in [5.74, 6) is -0.172. The summed E-state index contributed by atoms with van der Waals surface area (Å²) in [7, 11) is 1.48. The quantitative estimate of drug-likeness (QED) is 0.769. The van der Waals surface area contributed by atoms with Gasteiger partial charge in [0.15, 0.2) is 0 Å². The van der Waals surface area contributed by atoms with Crippen LogP contribution in [0.15, 0.2) is 24.3 Å². The largest absolute Gasteiger partial charge is 0.370 e. The molecule has 0 saturated heterocycles. The lowest BCUT2D eigenvalue weighted by atomic mass is 10.1.